The zero-order valence-electron chi connectivity index (χ0n) is 42.6. The van der Waals surface area contributed by atoms with E-state index >= 15 is 0 Å². The lowest BCUT2D eigenvalue weighted by molar-refractivity contribution is -0.0641. The molecule has 9 atom stereocenters. The van der Waals surface area contributed by atoms with Crippen molar-refractivity contribution < 1.29 is 19.3 Å². The highest BCUT2D eigenvalue weighted by atomic mass is 16.5. The molecule has 5 nitrogen and oxygen atoms in total. The van der Waals surface area contributed by atoms with Crippen LogP contribution in [-0.4, -0.2) is 56.4 Å². The Labute approximate surface area is 391 Å². The van der Waals surface area contributed by atoms with E-state index in [4.69, 9.17) is 19.9 Å². The molecule has 0 amide bonds. The molecule has 0 spiro atoms. The molecule has 4 aliphatic rings. The summed E-state index contributed by atoms with van der Waals surface area (Å²) in [6.45, 7) is 18.0. The van der Waals surface area contributed by atoms with E-state index in [9.17, 15) is 5.11 Å². The van der Waals surface area contributed by atoms with E-state index in [0.717, 1.165) is 61.4 Å². The highest BCUT2D eigenvalue weighted by Crippen LogP contribution is 2.67. The van der Waals surface area contributed by atoms with Crippen molar-refractivity contribution in [3.05, 3.63) is 36.0 Å². The topological polar surface area (TPSA) is 73.9 Å². The van der Waals surface area contributed by atoms with Crippen LogP contribution in [-0.2, 0) is 14.2 Å². The van der Waals surface area contributed by atoms with Gasteiger partial charge in [0.1, 0.15) is 0 Å². The van der Waals surface area contributed by atoms with Gasteiger partial charge in [0.2, 0.25) is 0 Å². The van der Waals surface area contributed by atoms with Crippen molar-refractivity contribution in [3.8, 4) is 0 Å². The predicted molar refractivity (Wildman–Crippen MR) is 270 cm³/mol. The first-order valence-corrected chi connectivity index (χ1v) is 27.7. The summed E-state index contributed by atoms with van der Waals surface area (Å²) in [6, 6.07) is 0. The minimum atomic E-state index is -0.809. The molecule has 4 rings (SSSR count). The second kappa shape index (κ2) is 30.4. The summed E-state index contributed by atoms with van der Waals surface area (Å²) in [4.78, 5) is 0. The molecule has 0 bridgehead atoms. The second-order valence-corrected chi connectivity index (χ2v) is 22.7. The maximum atomic E-state index is 9.93. The quantitative estimate of drug-likeness (QED) is 0.0484. The number of hydrogen-bond acceptors (Lipinski definition) is 5. The molecule has 366 valence electrons. The molecule has 0 heterocycles. The number of nitrogens with two attached hydrogens (primary N) is 1. The smallest absolute Gasteiger partial charge is 0.0862 e. The Kier molecular flexibility index (Phi) is 26.4. The number of hydrogen-bond donors (Lipinski definition) is 2. The highest BCUT2D eigenvalue weighted by molar-refractivity contribution is 5.25. The van der Waals surface area contributed by atoms with E-state index in [1.807, 2.05) is 0 Å². The standard InChI is InChI=1S/C58H105NO4/c1-7-8-9-10-11-12-13-14-15-16-17-18-19-21-24-27-41-61-46-58(59,45-60)47-62-42-28-25-22-20-23-26-29-43-63-51-37-39-56(5)50(44-51)33-34-52-54-36-35-53(49(4)32-30-31-48(2)3)57(54,6)40-38-55(52)56/h11-12,14-15,33,48-49,51-55,60H,7-10,13,16-32,34-47,59H2,1-6H3/b12-11-,15-14-/t49-,51+,52?,53-,54?,55?,56+,57-,58?/m1/s1. The fourth-order valence-corrected chi connectivity index (χ4v) is 13.1. The van der Waals surface area contributed by atoms with Crippen LogP contribution in [0.25, 0.3) is 0 Å². The lowest BCUT2D eigenvalue weighted by Gasteiger charge is -2.58. The van der Waals surface area contributed by atoms with Crippen molar-refractivity contribution in [1.82, 2.24) is 0 Å². The van der Waals surface area contributed by atoms with Gasteiger partial charge in [-0.1, -0.05) is 167 Å². The molecule has 0 saturated heterocycles. The summed E-state index contributed by atoms with van der Waals surface area (Å²) in [7, 11) is 0. The predicted octanol–water partition coefficient (Wildman–Crippen LogP) is 15.7. The van der Waals surface area contributed by atoms with Crippen molar-refractivity contribution in [2.45, 2.75) is 246 Å². The Hall–Kier alpha value is -0.980. The zero-order chi connectivity index (χ0) is 45.2. The number of aliphatic hydroxyl groups excluding tert-OH is 1. The number of unbranched alkanes of at least 4 members (excludes halogenated alkanes) is 15. The molecular weight excluding hydrogens is 775 g/mol. The third-order valence-electron chi connectivity index (χ3n) is 17.1. The van der Waals surface area contributed by atoms with Gasteiger partial charge >= 0.3 is 0 Å². The first kappa shape index (κ1) is 54.6. The van der Waals surface area contributed by atoms with Gasteiger partial charge in [0.15, 0.2) is 0 Å². The summed E-state index contributed by atoms with van der Waals surface area (Å²) in [5.41, 5.74) is 8.37. The molecule has 0 aromatic carbocycles. The fraction of sp³-hybridized carbons (Fsp3) is 0.897. The fourth-order valence-electron chi connectivity index (χ4n) is 13.1. The Balaban J connectivity index is 0.946. The Morgan fingerprint density at radius 3 is 1.92 bits per heavy atom. The summed E-state index contributed by atoms with van der Waals surface area (Å²) in [5, 5.41) is 9.93. The summed E-state index contributed by atoms with van der Waals surface area (Å²) in [6.07, 6.45) is 51.2. The van der Waals surface area contributed by atoms with E-state index in [-0.39, 0.29) is 6.61 Å². The lowest BCUT2D eigenvalue weighted by Crippen LogP contribution is -2.52. The van der Waals surface area contributed by atoms with Crippen LogP contribution in [0.2, 0.25) is 0 Å². The van der Waals surface area contributed by atoms with E-state index in [1.54, 1.807) is 5.57 Å². The van der Waals surface area contributed by atoms with E-state index < -0.39 is 5.54 Å². The second-order valence-electron chi connectivity index (χ2n) is 22.7. The molecule has 3 N–H and O–H groups in total. The van der Waals surface area contributed by atoms with Crippen LogP contribution in [0, 0.1) is 46.3 Å². The van der Waals surface area contributed by atoms with E-state index in [2.05, 4.69) is 71.9 Å². The van der Waals surface area contributed by atoms with Gasteiger partial charge in [0.25, 0.3) is 0 Å². The van der Waals surface area contributed by atoms with Crippen molar-refractivity contribution in [1.29, 1.82) is 0 Å². The molecule has 3 saturated carbocycles. The molecule has 5 heteroatoms. The van der Waals surface area contributed by atoms with Gasteiger partial charge < -0.3 is 25.1 Å². The first-order valence-electron chi connectivity index (χ1n) is 27.7. The normalized spacial score (nSPS) is 28.7. The molecule has 0 aromatic rings. The van der Waals surface area contributed by atoms with Gasteiger partial charge in [0, 0.05) is 19.8 Å². The summed E-state index contributed by atoms with van der Waals surface area (Å²) >= 11 is 0. The number of fused-ring (bicyclic) bond motifs is 5. The average Bonchev–Trinajstić information content (AvgIpc) is 3.63. The molecule has 0 aromatic heterocycles. The van der Waals surface area contributed by atoms with Crippen LogP contribution in [0.1, 0.15) is 234 Å². The van der Waals surface area contributed by atoms with Crippen molar-refractivity contribution in [2.24, 2.45) is 52.1 Å². The number of rotatable bonds is 36. The van der Waals surface area contributed by atoms with E-state index in [1.165, 1.54) is 173 Å². The minimum Gasteiger partial charge on any atom is -0.394 e. The van der Waals surface area contributed by atoms with Crippen molar-refractivity contribution in [2.75, 3.05) is 39.6 Å². The Bertz CT molecular complexity index is 1280. The van der Waals surface area contributed by atoms with Crippen molar-refractivity contribution in [3.63, 3.8) is 0 Å². The Morgan fingerprint density at radius 1 is 0.698 bits per heavy atom. The summed E-state index contributed by atoms with van der Waals surface area (Å²) < 4.78 is 18.4. The molecule has 63 heavy (non-hydrogen) atoms. The van der Waals surface area contributed by atoms with Gasteiger partial charge in [-0.05, 0) is 149 Å². The monoisotopic (exact) mass is 880 g/mol. The SMILES string of the molecule is CCCCC/C=C\C/C=C\CCCCCCCCOCC(N)(CO)COCCCCCCCCCO[C@H]1CC[C@@]2(C)C(=CCC3C2CC[C@@]2(C)C3CC[C@@H]2[C@H](C)CCCC(C)C)C1. The van der Waals surface area contributed by atoms with Gasteiger partial charge in [-0.15, -0.1) is 0 Å². The molecule has 0 aliphatic heterocycles. The Morgan fingerprint density at radius 2 is 1.30 bits per heavy atom. The molecule has 3 fully saturated rings. The lowest BCUT2D eigenvalue weighted by atomic mass is 9.47. The van der Waals surface area contributed by atoms with Crippen molar-refractivity contribution >= 4 is 0 Å². The van der Waals surface area contributed by atoms with Gasteiger partial charge in [0.05, 0.1) is 31.5 Å². The van der Waals surface area contributed by atoms with Crippen LogP contribution in [0.5, 0.6) is 0 Å². The highest BCUT2D eigenvalue weighted by Gasteiger charge is 2.59. The molecule has 4 unspecified atom stereocenters. The molecular formula is C58H105NO4. The number of allylic oxidation sites excluding steroid dienone is 5. The first-order chi connectivity index (χ1) is 30.6. The van der Waals surface area contributed by atoms with Gasteiger partial charge in [-0.2, -0.15) is 0 Å². The van der Waals surface area contributed by atoms with E-state index in [0.29, 0.717) is 43.4 Å². The maximum absolute atomic E-state index is 9.93. The molecule has 4 aliphatic carbocycles. The third-order valence-corrected chi connectivity index (χ3v) is 17.1. The average molecular weight is 880 g/mol. The number of aliphatic hydroxyl groups is 1. The summed E-state index contributed by atoms with van der Waals surface area (Å²) in [5.74, 6) is 5.44. The largest absolute Gasteiger partial charge is 0.394 e. The van der Waals surface area contributed by atoms with Crippen LogP contribution in [0.3, 0.4) is 0 Å². The zero-order valence-corrected chi connectivity index (χ0v) is 42.6. The van der Waals surface area contributed by atoms with Gasteiger partial charge in [-0.25, -0.2) is 0 Å². The van der Waals surface area contributed by atoms with Crippen LogP contribution in [0.15, 0.2) is 36.0 Å². The number of ether oxygens (including phenoxy) is 3. The van der Waals surface area contributed by atoms with Crippen LogP contribution < -0.4 is 5.73 Å². The maximum Gasteiger partial charge on any atom is 0.0862 e. The molecule has 0 radical (unpaired) electrons. The minimum absolute atomic E-state index is 0.113. The van der Waals surface area contributed by atoms with Crippen LogP contribution >= 0.6 is 0 Å². The third kappa shape index (κ3) is 18.6. The van der Waals surface area contributed by atoms with Gasteiger partial charge in [-0.3, -0.25) is 0 Å². The van der Waals surface area contributed by atoms with Crippen LogP contribution in [0.4, 0.5) is 0 Å².